The summed E-state index contributed by atoms with van der Waals surface area (Å²) in [5, 5.41) is 4.71. The molecular weight excluding hydrogens is 677 g/mol. The van der Waals surface area contributed by atoms with Crippen molar-refractivity contribution in [3.05, 3.63) is 95.6 Å². The zero-order chi connectivity index (χ0) is 37.8. The number of nitrogens with zero attached hydrogens (tertiary/aromatic N) is 1. The van der Waals surface area contributed by atoms with Crippen molar-refractivity contribution < 1.29 is 33.2 Å². The summed E-state index contributed by atoms with van der Waals surface area (Å²) in [6.45, 7) is 6.74. The van der Waals surface area contributed by atoms with E-state index in [0.717, 1.165) is 65.9 Å². The van der Waals surface area contributed by atoms with Gasteiger partial charge in [-0.25, -0.2) is 4.79 Å². The van der Waals surface area contributed by atoms with Crippen LogP contribution in [0, 0.1) is 34.5 Å². The van der Waals surface area contributed by atoms with Crippen molar-refractivity contribution in [2.24, 2.45) is 41.5 Å². The lowest BCUT2D eigenvalue weighted by atomic mass is 9.46. The molecule has 0 aliphatic heterocycles. The molecule has 3 saturated carbocycles. The van der Waals surface area contributed by atoms with Crippen LogP contribution >= 0.6 is 0 Å². The third kappa shape index (κ3) is 6.26. The Kier molecular flexibility index (Phi) is 9.53. The monoisotopic (exact) mass is 727 g/mol. The van der Waals surface area contributed by atoms with Crippen LogP contribution in [-0.2, 0) is 32.6 Å². The van der Waals surface area contributed by atoms with E-state index in [-0.39, 0.29) is 52.9 Å². The highest BCUT2D eigenvalue weighted by Crippen LogP contribution is 2.67. The summed E-state index contributed by atoms with van der Waals surface area (Å²) in [6, 6.07) is 23.1. The third-order valence-electron chi connectivity index (χ3n) is 13.9. The number of carbonyl (C=O) groups is 4. The molecule has 1 aromatic heterocycles. The molecule has 280 valence electrons. The minimum Gasteiger partial charge on any atom is -0.423 e. The fourth-order valence-electron chi connectivity index (χ4n) is 11.4. The van der Waals surface area contributed by atoms with Gasteiger partial charge in [-0.2, -0.15) is 4.57 Å². The predicted molar refractivity (Wildman–Crippen MR) is 207 cm³/mol. The quantitative estimate of drug-likeness (QED) is 0.0834. The number of nitrogens with one attached hydrogen (secondary N) is 1. The van der Waals surface area contributed by atoms with Gasteiger partial charge < -0.3 is 14.8 Å². The van der Waals surface area contributed by atoms with Crippen molar-refractivity contribution in [2.75, 3.05) is 13.2 Å². The minimum absolute atomic E-state index is 0.0254. The van der Waals surface area contributed by atoms with Crippen molar-refractivity contribution >= 4 is 45.2 Å². The number of allylic oxidation sites excluding steroid dienone is 1. The molecule has 1 heterocycles. The molecule has 0 radical (unpaired) electrons. The lowest BCUT2D eigenvalue weighted by molar-refractivity contribution is -0.617. The fraction of sp³-hybridized carbons (Fsp3) is 0.457. The molecule has 7 atom stereocenters. The lowest BCUT2D eigenvalue weighted by Gasteiger charge is -2.60. The van der Waals surface area contributed by atoms with Crippen LogP contribution in [0.3, 0.4) is 0 Å². The molecule has 4 aromatic rings. The van der Waals surface area contributed by atoms with E-state index in [4.69, 9.17) is 9.47 Å². The van der Waals surface area contributed by atoms with Crippen LogP contribution in [0.5, 0.6) is 5.75 Å². The molecule has 1 amide bonds. The Hall–Kier alpha value is -4.69. The topological polar surface area (TPSA) is 103 Å². The van der Waals surface area contributed by atoms with Crippen LogP contribution in [0.4, 0.5) is 0 Å². The first kappa shape index (κ1) is 36.3. The molecule has 8 rings (SSSR count). The summed E-state index contributed by atoms with van der Waals surface area (Å²) in [7, 11) is 2.00. The van der Waals surface area contributed by atoms with Crippen LogP contribution in [0.25, 0.3) is 21.8 Å². The van der Waals surface area contributed by atoms with Crippen LogP contribution in [0.2, 0.25) is 0 Å². The van der Waals surface area contributed by atoms with Gasteiger partial charge in [-0.15, -0.1) is 0 Å². The summed E-state index contributed by atoms with van der Waals surface area (Å²) in [5.41, 5.74) is 4.42. The molecule has 54 heavy (non-hydrogen) atoms. The third-order valence-corrected chi connectivity index (χ3v) is 13.9. The Morgan fingerprint density at radius 3 is 2.26 bits per heavy atom. The number of hydrogen-bond acceptors (Lipinski definition) is 6. The van der Waals surface area contributed by atoms with Gasteiger partial charge in [0, 0.05) is 31.0 Å². The Morgan fingerprint density at radius 2 is 1.57 bits per heavy atom. The first-order chi connectivity index (χ1) is 26.0. The molecule has 1 N–H and O–H groups in total. The Balaban J connectivity index is 0.903. The number of rotatable bonds is 9. The number of hydrogen-bond donors (Lipinski definition) is 1. The average molecular weight is 728 g/mol. The molecule has 0 bridgehead atoms. The number of esters is 1. The summed E-state index contributed by atoms with van der Waals surface area (Å²) in [5.74, 6) is 1.48. The predicted octanol–water partition coefficient (Wildman–Crippen LogP) is 7.43. The molecule has 4 aliphatic carbocycles. The SMILES string of the molecule is CC(=O)[C@H]1CC[C@H]2[C@@H]3CCC4=CC(=O)CC[C@]4(C)[C@H]3[C@H](OCC(=O)NCCc3ccc(OC(=O)c4c5ccccc5[n+](C)c5ccccc45)cc3)C[C@]12C. The first-order valence-electron chi connectivity index (χ1n) is 19.7. The van der Waals surface area contributed by atoms with Gasteiger partial charge in [0.05, 0.1) is 22.4 Å². The second-order valence-corrected chi connectivity index (χ2v) is 16.8. The van der Waals surface area contributed by atoms with Crippen LogP contribution in [0.1, 0.15) is 81.6 Å². The number of pyridine rings is 1. The number of aryl methyl sites for hydroxylation is 1. The normalized spacial score (nSPS) is 28.9. The standard InChI is InChI=1S/C46H50N2O6/c1-28(49)36-19-20-37-33-18-15-30-25-31(50)21-23-45(30,2)43(33)40(26-46(36,37)3)53-27-41(51)47-24-22-29-13-16-32(17-14-29)54-44(52)42-34-9-5-7-11-38(34)48(4)39-12-8-6-10-35(39)42/h5-14,16-17,25,33,36-37,40,43H,15,18-24,26-27H2,1-4H3/p+1/t33-,36+,37-,40+,43+,45-,46+/m0/s1. The number of ether oxygens (including phenoxy) is 2. The number of amides is 1. The molecule has 3 aromatic carbocycles. The summed E-state index contributed by atoms with van der Waals surface area (Å²) >= 11 is 0. The smallest absolute Gasteiger partial charge is 0.345 e. The van der Waals surface area contributed by atoms with Gasteiger partial charge >= 0.3 is 5.97 Å². The molecular formula is C46H51N2O6+. The second-order valence-electron chi connectivity index (χ2n) is 16.8. The van der Waals surface area contributed by atoms with Gasteiger partial charge in [0.2, 0.25) is 16.9 Å². The zero-order valence-corrected chi connectivity index (χ0v) is 31.9. The van der Waals surface area contributed by atoms with Gasteiger partial charge in [0.25, 0.3) is 0 Å². The van der Waals surface area contributed by atoms with Crippen LogP contribution < -0.4 is 14.6 Å². The summed E-state index contributed by atoms with van der Waals surface area (Å²) in [6.07, 6.45) is 8.41. The number of aromatic nitrogens is 1. The summed E-state index contributed by atoms with van der Waals surface area (Å²) in [4.78, 5) is 52.2. The summed E-state index contributed by atoms with van der Waals surface area (Å²) < 4.78 is 14.6. The second kappa shape index (κ2) is 14.2. The van der Waals surface area contributed by atoms with E-state index in [1.165, 1.54) is 5.57 Å². The average Bonchev–Trinajstić information content (AvgIpc) is 3.52. The number of benzene rings is 3. The van der Waals surface area contributed by atoms with Crippen molar-refractivity contribution in [3.63, 3.8) is 0 Å². The van der Waals surface area contributed by atoms with Gasteiger partial charge in [-0.1, -0.05) is 55.8 Å². The molecule has 8 nitrogen and oxygen atoms in total. The number of carbonyl (C=O) groups excluding carboxylic acids is 4. The number of fused-ring (bicyclic) bond motifs is 7. The van der Waals surface area contributed by atoms with Gasteiger partial charge in [0.15, 0.2) is 5.78 Å². The zero-order valence-electron chi connectivity index (χ0n) is 31.9. The van der Waals surface area contributed by atoms with Crippen molar-refractivity contribution in [2.45, 2.75) is 78.2 Å². The van der Waals surface area contributed by atoms with E-state index in [9.17, 15) is 19.2 Å². The number of para-hydroxylation sites is 2. The van der Waals surface area contributed by atoms with Crippen molar-refractivity contribution in [1.29, 1.82) is 0 Å². The molecule has 3 fully saturated rings. The molecule has 0 unspecified atom stereocenters. The Labute approximate surface area is 317 Å². The molecule has 0 spiro atoms. The van der Waals surface area contributed by atoms with Gasteiger partial charge in [0.1, 0.15) is 25.2 Å². The van der Waals surface area contributed by atoms with E-state index < -0.39 is 5.97 Å². The van der Waals surface area contributed by atoms with E-state index >= 15 is 0 Å². The fourth-order valence-corrected chi connectivity index (χ4v) is 11.4. The number of Topliss-reactive ketones (excluding diaryl/α,β-unsaturated/α-hetero) is 1. The Morgan fingerprint density at radius 1 is 0.889 bits per heavy atom. The van der Waals surface area contributed by atoms with E-state index in [1.807, 2.05) is 73.8 Å². The first-order valence-corrected chi connectivity index (χ1v) is 19.7. The van der Waals surface area contributed by atoms with E-state index in [1.54, 1.807) is 19.1 Å². The lowest BCUT2D eigenvalue weighted by Crippen LogP contribution is -2.58. The highest BCUT2D eigenvalue weighted by molar-refractivity contribution is 6.13. The molecule has 4 aliphatic rings. The maximum absolute atomic E-state index is 13.6. The molecule has 8 heteroatoms. The largest absolute Gasteiger partial charge is 0.423 e. The van der Waals surface area contributed by atoms with E-state index in [2.05, 4.69) is 23.7 Å². The van der Waals surface area contributed by atoms with Crippen LogP contribution in [-0.4, -0.2) is 42.7 Å². The van der Waals surface area contributed by atoms with Gasteiger partial charge in [-0.3, -0.25) is 14.4 Å². The highest BCUT2D eigenvalue weighted by Gasteiger charge is 2.63. The van der Waals surface area contributed by atoms with E-state index in [0.29, 0.717) is 42.5 Å². The maximum atomic E-state index is 13.6. The maximum Gasteiger partial charge on any atom is 0.345 e. The number of ketones is 2. The van der Waals surface area contributed by atoms with Crippen molar-refractivity contribution in [1.82, 2.24) is 5.32 Å². The molecule has 0 saturated heterocycles. The highest BCUT2D eigenvalue weighted by atomic mass is 16.5. The van der Waals surface area contributed by atoms with Crippen molar-refractivity contribution in [3.8, 4) is 5.75 Å². The minimum atomic E-state index is -0.409. The van der Waals surface area contributed by atoms with Crippen LogP contribution in [0.15, 0.2) is 84.4 Å². The van der Waals surface area contributed by atoms with Gasteiger partial charge in [-0.05, 0) is 116 Å². The Bertz CT molecular complexity index is 2130.